The number of rotatable bonds is 5. The Morgan fingerprint density at radius 3 is 2.84 bits per heavy atom. The van der Waals surface area contributed by atoms with E-state index in [0.29, 0.717) is 13.4 Å². The zero-order chi connectivity index (χ0) is 13.1. The molecule has 0 spiro atoms. The van der Waals surface area contributed by atoms with Gasteiger partial charge in [-0.05, 0) is 36.5 Å². The van der Waals surface area contributed by atoms with Crippen molar-refractivity contribution in [1.29, 1.82) is 0 Å². The Morgan fingerprint density at radius 1 is 1.21 bits per heavy atom. The van der Waals surface area contributed by atoms with Gasteiger partial charge in [0.15, 0.2) is 11.5 Å². The van der Waals surface area contributed by atoms with Crippen molar-refractivity contribution in [3.8, 4) is 11.5 Å². The second-order valence-corrected chi connectivity index (χ2v) is 5.41. The lowest BCUT2D eigenvalue weighted by atomic mass is 10.1. The third-order valence-electron chi connectivity index (χ3n) is 3.95. The SMILES string of the molecule is NC(COCC1CCCC1)c1ccc2c(c1)OCO2. The number of nitrogens with two attached hydrogens (primary N) is 1. The van der Waals surface area contributed by atoms with E-state index < -0.39 is 0 Å². The molecule has 3 rings (SSSR count). The Bertz CT molecular complexity index is 429. The van der Waals surface area contributed by atoms with Crippen LogP contribution in [0.3, 0.4) is 0 Å². The fourth-order valence-electron chi connectivity index (χ4n) is 2.78. The van der Waals surface area contributed by atoms with Gasteiger partial charge in [0.25, 0.3) is 0 Å². The van der Waals surface area contributed by atoms with Gasteiger partial charge in [0.1, 0.15) is 0 Å². The van der Waals surface area contributed by atoms with Crippen molar-refractivity contribution < 1.29 is 14.2 Å². The number of fused-ring (bicyclic) bond motifs is 1. The van der Waals surface area contributed by atoms with E-state index in [1.54, 1.807) is 0 Å². The molecule has 1 heterocycles. The normalized spacial score (nSPS) is 19.8. The van der Waals surface area contributed by atoms with E-state index in [4.69, 9.17) is 19.9 Å². The van der Waals surface area contributed by atoms with Crippen LogP contribution in [0.15, 0.2) is 18.2 Å². The Labute approximate surface area is 113 Å². The highest BCUT2D eigenvalue weighted by atomic mass is 16.7. The molecule has 4 nitrogen and oxygen atoms in total. The van der Waals surface area contributed by atoms with Gasteiger partial charge in [-0.2, -0.15) is 0 Å². The molecule has 0 saturated heterocycles. The lowest BCUT2D eigenvalue weighted by Crippen LogP contribution is -2.19. The molecular formula is C15H21NO3. The van der Waals surface area contributed by atoms with Crippen molar-refractivity contribution in [1.82, 2.24) is 0 Å². The first-order valence-corrected chi connectivity index (χ1v) is 7.06. The summed E-state index contributed by atoms with van der Waals surface area (Å²) >= 11 is 0. The molecule has 1 fully saturated rings. The van der Waals surface area contributed by atoms with Crippen LogP contribution >= 0.6 is 0 Å². The minimum absolute atomic E-state index is 0.101. The monoisotopic (exact) mass is 263 g/mol. The molecule has 0 bridgehead atoms. The molecule has 1 aliphatic heterocycles. The highest BCUT2D eigenvalue weighted by Crippen LogP contribution is 2.34. The first-order chi connectivity index (χ1) is 9.33. The molecule has 4 heteroatoms. The van der Waals surface area contributed by atoms with Gasteiger partial charge in [0.05, 0.1) is 12.6 Å². The molecule has 1 atom stereocenters. The van der Waals surface area contributed by atoms with E-state index in [-0.39, 0.29) is 6.04 Å². The van der Waals surface area contributed by atoms with Crippen molar-refractivity contribution in [3.05, 3.63) is 23.8 Å². The van der Waals surface area contributed by atoms with Crippen LogP contribution in [0.2, 0.25) is 0 Å². The summed E-state index contributed by atoms with van der Waals surface area (Å²) in [5.74, 6) is 2.32. The molecular weight excluding hydrogens is 242 g/mol. The third-order valence-corrected chi connectivity index (χ3v) is 3.95. The number of benzene rings is 1. The number of ether oxygens (including phenoxy) is 3. The van der Waals surface area contributed by atoms with Gasteiger partial charge < -0.3 is 19.9 Å². The van der Waals surface area contributed by atoms with E-state index in [1.807, 2.05) is 18.2 Å². The number of hydrogen-bond donors (Lipinski definition) is 1. The lowest BCUT2D eigenvalue weighted by Gasteiger charge is -2.15. The summed E-state index contributed by atoms with van der Waals surface area (Å²) in [5.41, 5.74) is 7.19. The summed E-state index contributed by atoms with van der Waals surface area (Å²) in [6, 6.07) is 5.74. The second kappa shape index (κ2) is 5.80. The Morgan fingerprint density at radius 2 is 2.00 bits per heavy atom. The molecule has 2 aliphatic rings. The maximum Gasteiger partial charge on any atom is 0.231 e. The van der Waals surface area contributed by atoms with Crippen LogP contribution in [0.4, 0.5) is 0 Å². The lowest BCUT2D eigenvalue weighted by molar-refractivity contribution is 0.0904. The number of hydrogen-bond acceptors (Lipinski definition) is 4. The molecule has 0 aromatic heterocycles. The zero-order valence-corrected chi connectivity index (χ0v) is 11.1. The molecule has 2 N–H and O–H groups in total. The highest BCUT2D eigenvalue weighted by Gasteiger charge is 2.18. The Hall–Kier alpha value is -1.26. The summed E-state index contributed by atoms with van der Waals surface area (Å²) in [6.07, 6.45) is 5.31. The largest absolute Gasteiger partial charge is 0.454 e. The summed E-state index contributed by atoms with van der Waals surface area (Å²) in [7, 11) is 0. The summed E-state index contributed by atoms with van der Waals surface area (Å²) in [4.78, 5) is 0. The van der Waals surface area contributed by atoms with Gasteiger partial charge in [0.2, 0.25) is 6.79 Å². The fraction of sp³-hybridized carbons (Fsp3) is 0.600. The topological polar surface area (TPSA) is 53.7 Å². The predicted molar refractivity (Wildman–Crippen MR) is 72.3 cm³/mol. The van der Waals surface area contributed by atoms with Crippen molar-refractivity contribution in [2.75, 3.05) is 20.0 Å². The van der Waals surface area contributed by atoms with Crippen molar-refractivity contribution in [3.63, 3.8) is 0 Å². The summed E-state index contributed by atoms with van der Waals surface area (Å²) < 4.78 is 16.4. The van der Waals surface area contributed by atoms with E-state index >= 15 is 0 Å². The van der Waals surface area contributed by atoms with E-state index in [0.717, 1.165) is 29.6 Å². The molecule has 1 aromatic carbocycles. The zero-order valence-electron chi connectivity index (χ0n) is 11.1. The fourth-order valence-corrected chi connectivity index (χ4v) is 2.78. The Kier molecular flexibility index (Phi) is 3.89. The Balaban J connectivity index is 1.50. The van der Waals surface area contributed by atoms with Crippen LogP contribution in [0.25, 0.3) is 0 Å². The maximum atomic E-state index is 6.15. The van der Waals surface area contributed by atoms with Gasteiger partial charge in [-0.1, -0.05) is 18.9 Å². The predicted octanol–water partition coefficient (Wildman–Crippen LogP) is 2.62. The average molecular weight is 263 g/mol. The first kappa shape index (κ1) is 12.8. The molecule has 104 valence electrons. The van der Waals surface area contributed by atoms with Crippen LogP contribution in [-0.4, -0.2) is 20.0 Å². The second-order valence-electron chi connectivity index (χ2n) is 5.41. The maximum absolute atomic E-state index is 6.15. The summed E-state index contributed by atoms with van der Waals surface area (Å²) in [5, 5.41) is 0. The summed E-state index contributed by atoms with van der Waals surface area (Å²) in [6.45, 7) is 1.71. The molecule has 0 radical (unpaired) electrons. The molecule has 1 unspecified atom stereocenters. The van der Waals surface area contributed by atoms with Crippen LogP contribution in [0.5, 0.6) is 11.5 Å². The van der Waals surface area contributed by atoms with Crippen LogP contribution in [-0.2, 0) is 4.74 Å². The van der Waals surface area contributed by atoms with Gasteiger partial charge in [0, 0.05) is 6.61 Å². The first-order valence-electron chi connectivity index (χ1n) is 7.06. The quantitative estimate of drug-likeness (QED) is 0.887. The van der Waals surface area contributed by atoms with Crippen molar-refractivity contribution >= 4 is 0 Å². The van der Waals surface area contributed by atoms with E-state index in [2.05, 4.69) is 0 Å². The van der Waals surface area contributed by atoms with Crippen molar-refractivity contribution in [2.24, 2.45) is 11.7 Å². The minimum Gasteiger partial charge on any atom is -0.454 e. The van der Waals surface area contributed by atoms with Gasteiger partial charge in [-0.15, -0.1) is 0 Å². The smallest absolute Gasteiger partial charge is 0.231 e. The molecule has 1 aliphatic carbocycles. The molecule has 0 amide bonds. The van der Waals surface area contributed by atoms with Crippen LogP contribution in [0, 0.1) is 5.92 Å². The molecule has 1 aromatic rings. The van der Waals surface area contributed by atoms with Crippen LogP contribution < -0.4 is 15.2 Å². The van der Waals surface area contributed by atoms with Crippen molar-refractivity contribution in [2.45, 2.75) is 31.7 Å². The van der Waals surface area contributed by atoms with Gasteiger partial charge >= 0.3 is 0 Å². The average Bonchev–Trinajstić information content (AvgIpc) is 3.08. The molecule has 1 saturated carbocycles. The molecule has 19 heavy (non-hydrogen) atoms. The third kappa shape index (κ3) is 3.01. The van der Waals surface area contributed by atoms with E-state index in [9.17, 15) is 0 Å². The highest BCUT2D eigenvalue weighted by molar-refractivity contribution is 5.45. The standard InChI is InChI=1S/C15H21NO3/c16-13(9-17-8-11-3-1-2-4-11)12-5-6-14-15(7-12)19-10-18-14/h5-7,11,13H,1-4,8-10,16H2. The minimum atomic E-state index is -0.101. The van der Waals surface area contributed by atoms with E-state index in [1.165, 1.54) is 25.7 Å². The van der Waals surface area contributed by atoms with Gasteiger partial charge in [-0.25, -0.2) is 0 Å². The van der Waals surface area contributed by atoms with Gasteiger partial charge in [-0.3, -0.25) is 0 Å². The van der Waals surface area contributed by atoms with Crippen LogP contribution in [0.1, 0.15) is 37.3 Å².